The van der Waals surface area contributed by atoms with E-state index in [0.29, 0.717) is 18.5 Å². The van der Waals surface area contributed by atoms with Crippen LogP contribution in [-0.4, -0.2) is 29.4 Å². The monoisotopic (exact) mass is 317 g/mol. The smallest absolute Gasteiger partial charge is 0.241 e. The molecule has 2 N–H and O–H groups in total. The molecule has 1 saturated heterocycles. The quantitative estimate of drug-likeness (QED) is 0.821. The average molecular weight is 317 g/mol. The fourth-order valence-electron chi connectivity index (χ4n) is 3.37. The number of hydrazine groups is 1. The van der Waals surface area contributed by atoms with Crippen LogP contribution in [0, 0.1) is 5.82 Å². The topological polar surface area (TPSA) is 44.4 Å². The second kappa shape index (κ2) is 7.23. The van der Waals surface area contributed by atoms with E-state index in [1.807, 2.05) is 11.0 Å². The predicted molar refractivity (Wildman–Crippen MR) is 88.0 cm³/mol. The van der Waals surface area contributed by atoms with E-state index < -0.39 is 0 Å². The highest BCUT2D eigenvalue weighted by Gasteiger charge is 2.36. The van der Waals surface area contributed by atoms with Crippen LogP contribution in [0.1, 0.15) is 44.2 Å². The molecule has 2 aliphatic rings. The van der Waals surface area contributed by atoms with Crippen LogP contribution >= 0.6 is 0 Å². The van der Waals surface area contributed by atoms with Gasteiger partial charge in [0.2, 0.25) is 5.91 Å². The average Bonchev–Trinajstić information content (AvgIpc) is 3.22. The summed E-state index contributed by atoms with van der Waals surface area (Å²) in [6.07, 6.45) is 8.02. The Hall–Kier alpha value is -1.72. The van der Waals surface area contributed by atoms with Gasteiger partial charge in [-0.25, -0.2) is 15.2 Å². The van der Waals surface area contributed by atoms with Crippen molar-refractivity contribution >= 4 is 5.91 Å². The standard InChI is InChI=1S/C18H24FN3O/c1-2-3-7-13-8-6-11-22(13)18(23)17-12-16(20-21-17)14-9-4-5-10-15(14)19/h4-6,8-10,13,16-17,20-21H,2-3,7,11-12H2,1H3. The molecule has 23 heavy (non-hydrogen) atoms. The highest BCUT2D eigenvalue weighted by Crippen LogP contribution is 2.26. The zero-order valence-corrected chi connectivity index (χ0v) is 13.5. The van der Waals surface area contributed by atoms with E-state index in [-0.39, 0.29) is 29.8 Å². The van der Waals surface area contributed by atoms with Crippen LogP contribution in [-0.2, 0) is 4.79 Å². The number of hydrogen-bond acceptors (Lipinski definition) is 3. The molecule has 0 aliphatic carbocycles. The van der Waals surface area contributed by atoms with Crippen LogP contribution in [0.25, 0.3) is 0 Å². The Morgan fingerprint density at radius 2 is 2.17 bits per heavy atom. The van der Waals surface area contributed by atoms with Gasteiger partial charge in [-0.15, -0.1) is 0 Å². The van der Waals surface area contributed by atoms with Gasteiger partial charge in [0.05, 0.1) is 12.1 Å². The number of carbonyl (C=O) groups is 1. The van der Waals surface area contributed by atoms with Gasteiger partial charge < -0.3 is 4.90 Å². The molecule has 0 bridgehead atoms. The molecular formula is C18H24FN3O. The lowest BCUT2D eigenvalue weighted by Gasteiger charge is -2.27. The lowest BCUT2D eigenvalue weighted by Crippen LogP contribution is -2.47. The highest BCUT2D eigenvalue weighted by atomic mass is 19.1. The molecule has 0 aromatic heterocycles. The van der Waals surface area contributed by atoms with E-state index in [9.17, 15) is 9.18 Å². The summed E-state index contributed by atoms with van der Waals surface area (Å²) in [6.45, 7) is 2.84. The number of benzene rings is 1. The summed E-state index contributed by atoms with van der Waals surface area (Å²) >= 11 is 0. The zero-order chi connectivity index (χ0) is 16.2. The van der Waals surface area contributed by atoms with Crippen molar-refractivity contribution in [3.63, 3.8) is 0 Å². The molecule has 3 unspecified atom stereocenters. The molecule has 3 rings (SSSR count). The SMILES string of the molecule is CCCCC1C=CCN1C(=O)C1CC(c2ccccc2F)NN1. The van der Waals surface area contributed by atoms with Crippen LogP contribution in [0.15, 0.2) is 36.4 Å². The summed E-state index contributed by atoms with van der Waals surface area (Å²) in [5.41, 5.74) is 6.73. The summed E-state index contributed by atoms with van der Waals surface area (Å²) in [5, 5.41) is 0. The minimum atomic E-state index is -0.302. The van der Waals surface area contributed by atoms with E-state index in [0.717, 1.165) is 19.3 Å². The number of nitrogens with zero attached hydrogens (tertiary/aromatic N) is 1. The van der Waals surface area contributed by atoms with Gasteiger partial charge >= 0.3 is 0 Å². The largest absolute Gasteiger partial charge is 0.331 e. The van der Waals surface area contributed by atoms with Gasteiger partial charge in [0, 0.05) is 12.1 Å². The molecule has 4 nitrogen and oxygen atoms in total. The van der Waals surface area contributed by atoms with Gasteiger partial charge in [0.1, 0.15) is 11.9 Å². The molecule has 124 valence electrons. The third-order valence-electron chi connectivity index (χ3n) is 4.68. The Bertz CT molecular complexity index is 589. The molecule has 0 saturated carbocycles. The lowest BCUT2D eigenvalue weighted by atomic mass is 10.0. The van der Waals surface area contributed by atoms with E-state index in [1.54, 1.807) is 12.1 Å². The number of unbranched alkanes of at least 4 members (excludes halogenated alkanes) is 1. The van der Waals surface area contributed by atoms with E-state index in [1.165, 1.54) is 6.07 Å². The Kier molecular flexibility index (Phi) is 5.08. The van der Waals surface area contributed by atoms with Crippen molar-refractivity contribution in [3.05, 3.63) is 47.8 Å². The van der Waals surface area contributed by atoms with Crippen LogP contribution in [0.5, 0.6) is 0 Å². The Balaban J connectivity index is 1.62. The molecule has 2 aliphatic heterocycles. The van der Waals surface area contributed by atoms with Gasteiger partial charge in [-0.2, -0.15) is 0 Å². The summed E-state index contributed by atoms with van der Waals surface area (Å²) in [6, 6.07) is 6.45. The zero-order valence-electron chi connectivity index (χ0n) is 13.5. The Morgan fingerprint density at radius 3 is 2.96 bits per heavy atom. The maximum absolute atomic E-state index is 13.9. The van der Waals surface area contributed by atoms with Gasteiger partial charge in [0.15, 0.2) is 0 Å². The molecule has 0 spiro atoms. The number of hydrogen-bond donors (Lipinski definition) is 2. The summed E-state index contributed by atoms with van der Waals surface area (Å²) < 4.78 is 13.9. The maximum atomic E-state index is 13.9. The van der Waals surface area contributed by atoms with E-state index in [4.69, 9.17) is 0 Å². The Labute approximate surface area is 136 Å². The summed E-state index contributed by atoms with van der Waals surface area (Å²) in [5.74, 6) is -0.133. The van der Waals surface area contributed by atoms with Crippen molar-refractivity contribution in [1.82, 2.24) is 15.8 Å². The normalized spacial score (nSPS) is 26.9. The summed E-state index contributed by atoms with van der Waals surface area (Å²) in [4.78, 5) is 14.7. The number of halogens is 1. The third kappa shape index (κ3) is 3.46. The third-order valence-corrected chi connectivity index (χ3v) is 4.68. The number of carbonyl (C=O) groups excluding carboxylic acids is 1. The second-order valence-corrected chi connectivity index (χ2v) is 6.28. The number of nitrogens with one attached hydrogen (secondary N) is 2. The van der Waals surface area contributed by atoms with Crippen LogP contribution < -0.4 is 10.9 Å². The lowest BCUT2D eigenvalue weighted by molar-refractivity contribution is -0.133. The van der Waals surface area contributed by atoms with Gasteiger partial charge in [-0.05, 0) is 18.9 Å². The molecular weight excluding hydrogens is 293 g/mol. The van der Waals surface area contributed by atoms with E-state index >= 15 is 0 Å². The minimum absolute atomic E-state index is 0.0995. The van der Waals surface area contributed by atoms with E-state index in [2.05, 4.69) is 29.9 Å². The molecule has 1 aromatic rings. The van der Waals surface area contributed by atoms with Crippen molar-refractivity contribution in [3.8, 4) is 0 Å². The molecule has 5 heteroatoms. The van der Waals surface area contributed by atoms with Crippen LogP contribution in [0.3, 0.4) is 0 Å². The molecule has 1 aromatic carbocycles. The van der Waals surface area contributed by atoms with Crippen molar-refractivity contribution in [2.45, 2.75) is 50.7 Å². The van der Waals surface area contributed by atoms with Crippen molar-refractivity contribution in [2.24, 2.45) is 0 Å². The Morgan fingerprint density at radius 1 is 1.35 bits per heavy atom. The van der Waals surface area contributed by atoms with Crippen LogP contribution in [0.4, 0.5) is 4.39 Å². The van der Waals surface area contributed by atoms with Crippen molar-refractivity contribution in [1.29, 1.82) is 0 Å². The van der Waals surface area contributed by atoms with Crippen molar-refractivity contribution < 1.29 is 9.18 Å². The molecule has 1 fully saturated rings. The first-order chi connectivity index (χ1) is 11.2. The highest BCUT2D eigenvalue weighted by molar-refractivity contribution is 5.83. The van der Waals surface area contributed by atoms with Gasteiger partial charge in [-0.3, -0.25) is 4.79 Å². The first kappa shape index (κ1) is 16.1. The fourth-order valence-corrected chi connectivity index (χ4v) is 3.37. The van der Waals surface area contributed by atoms with Gasteiger partial charge in [-0.1, -0.05) is 50.1 Å². The molecule has 2 heterocycles. The number of amides is 1. The van der Waals surface area contributed by atoms with Gasteiger partial charge in [0.25, 0.3) is 0 Å². The molecule has 0 radical (unpaired) electrons. The fraction of sp³-hybridized carbons (Fsp3) is 0.500. The summed E-state index contributed by atoms with van der Waals surface area (Å²) in [7, 11) is 0. The maximum Gasteiger partial charge on any atom is 0.241 e. The van der Waals surface area contributed by atoms with Crippen molar-refractivity contribution in [2.75, 3.05) is 6.54 Å². The first-order valence-electron chi connectivity index (χ1n) is 8.43. The molecule has 1 amide bonds. The second-order valence-electron chi connectivity index (χ2n) is 6.28. The number of rotatable bonds is 5. The first-order valence-corrected chi connectivity index (χ1v) is 8.43. The molecule has 3 atom stereocenters. The minimum Gasteiger partial charge on any atom is -0.331 e. The predicted octanol–water partition coefficient (Wildman–Crippen LogP) is 2.69. The van der Waals surface area contributed by atoms with Crippen LogP contribution in [0.2, 0.25) is 0 Å².